The molecule has 102 valence electrons. The van der Waals surface area contributed by atoms with Crippen molar-refractivity contribution >= 4 is 11.6 Å². The van der Waals surface area contributed by atoms with Crippen molar-refractivity contribution in [2.24, 2.45) is 0 Å². The summed E-state index contributed by atoms with van der Waals surface area (Å²) in [5.41, 5.74) is 1.16. The summed E-state index contributed by atoms with van der Waals surface area (Å²) in [7, 11) is 1.69. The third kappa shape index (κ3) is 3.26. The minimum absolute atomic E-state index is 0.457. The van der Waals surface area contributed by atoms with Crippen LogP contribution in [0, 0.1) is 0 Å². The molecule has 0 spiro atoms. The molecule has 0 amide bonds. The Morgan fingerprint density at radius 2 is 2.00 bits per heavy atom. The number of methoxy groups -OCH3 is 1. The lowest BCUT2D eigenvalue weighted by Gasteiger charge is -2.10. The minimum Gasteiger partial charge on any atom is -0.496 e. The second-order valence-electron chi connectivity index (χ2n) is 4.35. The van der Waals surface area contributed by atoms with E-state index in [0.717, 1.165) is 42.9 Å². The third-order valence-corrected chi connectivity index (χ3v) is 3.33. The van der Waals surface area contributed by atoms with Gasteiger partial charge in [-0.25, -0.2) is 0 Å². The van der Waals surface area contributed by atoms with Crippen molar-refractivity contribution in [3.63, 3.8) is 0 Å². The van der Waals surface area contributed by atoms with Gasteiger partial charge >= 0.3 is 0 Å². The maximum absolute atomic E-state index is 6.08. The second kappa shape index (κ2) is 6.57. The molecule has 19 heavy (non-hydrogen) atoms. The first kappa shape index (κ1) is 13.9. The molecule has 0 atom stereocenters. The van der Waals surface area contributed by atoms with Gasteiger partial charge in [0.05, 0.1) is 7.11 Å². The van der Waals surface area contributed by atoms with Gasteiger partial charge in [0.25, 0.3) is 0 Å². The summed E-state index contributed by atoms with van der Waals surface area (Å²) >= 11 is 6.08. The molecule has 1 heterocycles. The Labute approximate surface area is 118 Å². The highest BCUT2D eigenvalue weighted by Gasteiger charge is 2.10. The number of benzene rings is 1. The predicted octanol–water partition coefficient (Wildman–Crippen LogP) is 3.14. The molecule has 4 nitrogen and oxygen atoms in total. The van der Waals surface area contributed by atoms with Crippen LogP contribution in [0.1, 0.15) is 24.7 Å². The molecule has 1 aromatic heterocycles. The summed E-state index contributed by atoms with van der Waals surface area (Å²) in [6, 6.07) is 8.02. The van der Waals surface area contributed by atoms with Crippen LogP contribution >= 0.6 is 11.6 Å². The SMILES string of the molecule is CCCc1nnc(Cl)n1CCc1ccccc1OC. The van der Waals surface area contributed by atoms with Crippen molar-refractivity contribution in [2.45, 2.75) is 32.7 Å². The Balaban J connectivity index is 2.12. The molecular formula is C14H18ClN3O. The highest BCUT2D eigenvalue weighted by molar-refractivity contribution is 6.28. The van der Waals surface area contributed by atoms with Gasteiger partial charge in [0, 0.05) is 13.0 Å². The number of aryl methyl sites for hydroxylation is 2. The maximum Gasteiger partial charge on any atom is 0.225 e. The first-order chi connectivity index (χ1) is 9.26. The van der Waals surface area contributed by atoms with Crippen LogP contribution in [-0.2, 0) is 19.4 Å². The van der Waals surface area contributed by atoms with E-state index in [0.29, 0.717) is 5.28 Å². The van der Waals surface area contributed by atoms with E-state index in [4.69, 9.17) is 16.3 Å². The topological polar surface area (TPSA) is 39.9 Å². The number of hydrogen-bond donors (Lipinski definition) is 0. The zero-order chi connectivity index (χ0) is 13.7. The van der Waals surface area contributed by atoms with E-state index in [9.17, 15) is 0 Å². The highest BCUT2D eigenvalue weighted by atomic mass is 35.5. The van der Waals surface area contributed by atoms with E-state index >= 15 is 0 Å². The lowest BCUT2D eigenvalue weighted by Crippen LogP contribution is -2.07. The van der Waals surface area contributed by atoms with Gasteiger partial charge in [-0.1, -0.05) is 25.1 Å². The smallest absolute Gasteiger partial charge is 0.225 e. The van der Waals surface area contributed by atoms with Crippen LogP contribution in [0.25, 0.3) is 0 Å². The Morgan fingerprint density at radius 1 is 1.21 bits per heavy atom. The van der Waals surface area contributed by atoms with Gasteiger partial charge in [-0.05, 0) is 36.1 Å². The average molecular weight is 280 g/mol. The molecule has 0 fully saturated rings. The molecule has 2 rings (SSSR count). The third-order valence-electron chi connectivity index (χ3n) is 3.05. The van der Waals surface area contributed by atoms with Gasteiger partial charge in [0.1, 0.15) is 11.6 Å². The predicted molar refractivity (Wildman–Crippen MR) is 75.7 cm³/mol. The van der Waals surface area contributed by atoms with Gasteiger partial charge in [-0.2, -0.15) is 0 Å². The molecule has 0 bridgehead atoms. The normalized spacial score (nSPS) is 10.7. The molecule has 0 radical (unpaired) electrons. The number of ether oxygens (including phenoxy) is 1. The van der Waals surface area contributed by atoms with Crippen LogP contribution in [-0.4, -0.2) is 21.9 Å². The first-order valence-electron chi connectivity index (χ1n) is 6.45. The summed E-state index contributed by atoms with van der Waals surface area (Å²) < 4.78 is 7.32. The molecule has 1 aromatic carbocycles. The lowest BCUT2D eigenvalue weighted by molar-refractivity contribution is 0.408. The van der Waals surface area contributed by atoms with Crippen LogP contribution in [0.4, 0.5) is 0 Å². The molecule has 0 aliphatic rings. The second-order valence-corrected chi connectivity index (χ2v) is 4.69. The lowest BCUT2D eigenvalue weighted by atomic mass is 10.1. The molecule has 0 N–H and O–H groups in total. The Bertz CT molecular complexity index is 539. The van der Waals surface area contributed by atoms with Crippen molar-refractivity contribution in [3.05, 3.63) is 40.9 Å². The van der Waals surface area contributed by atoms with E-state index in [1.54, 1.807) is 7.11 Å². The fraction of sp³-hybridized carbons (Fsp3) is 0.429. The van der Waals surface area contributed by atoms with Gasteiger partial charge in [-0.15, -0.1) is 10.2 Å². The molecule has 0 aliphatic heterocycles. The number of aromatic nitrogens is 3. The van der Waals surface area contributed by atoms with Crippen LogP contribution < -0.4 is 4.74 Å². The average Bonchev–Trinajstić information content (AvgIpc) is 2.78. The largest absolute Gasteiger partial charge is 0.496 e. The Hall–Kier alpha value is -1.55. The minimum atomic E-state index is 0.457. The number of rotatable bonds is 6. The first-order valence-corrected chi connectivity index (χ1v) is 6.83. The quantitative estimate of drug-likeness (QED) is 0.816. The molecule has 0 aliphatic carbocycles. The molecule has 5 heteroatoms. The summed E-state index contributed by atoms with van der Waals surface area (Å²) in [6.07, 6.45) is 2.77. The van der Waals surface area contributed by atoms with E-state index in [1.165, 1.54) is 0 Å². The molecule has 2 aromatic rings. The van der Waals surface area contributed by atoms with Gasteiger partial charge < -0.3 is 9.30 Å². The van der Waals surface area contributed by atoms with E-state index in [1.807, 2.05) is 22.8 Å². The Morgan fingerprint density at radius 3 is 2.74 bits per heavy atom. The van der Waals surface area contributed by atoms with Crippen LogP contribution in [0.5, 0.6) is 5.75 Å². The number of halogens is 1. The van der Waals surface area contributed by atoms with Gasteiger partial charge in [0.15, 0.2) is 0 Å². The molecule has 0 unspecified atom stereocenters. The van der Waals surface area contributed by atoms with Crippen molar-refractivity contribution in [3.8, 4) is 5.75 Å². The number of para-hydroxylation sites is 1. The fourth-order valence-electron chi connectivity index (χ4n) is 2.09. The monoisotopic (exact) mass is 279 g/mol. The summed E-state index contributed by atoms with van der Waals surface area (Å²) in [6.45, 7) is 2.88. The van der Waals surface area contributed by atoms with Gasteiger partial charge in [0.2, 0.25) is 5.28 Å². The van der Waals surface area contributed by atoms with Crippen molar-refractivity contribution in [2.75, 3.05) is 7.11 Å². The van der Waals surface area contributed by atoms with Crippen molar-refractivity contribution in [1.82, 2.24) is 14.8 Å². The molecule has 0 saturated heterocycles. The van der Waals surface area contributed by atoms with Crippen molar-refractivity contribution in [1.29, 1.82) is 0 Å². The summed E-state index contributed by atoms with van der Waals surface area (Å²) in [5, 5.41) is 8.50. The summed E-state index contributed by atoms with van der Waals surface area (Å²) in [4.78, 5) is 0. The van der Waals surface area contributed by atoms with Crippen LogP contribution in [0.2, 0.25) is 5.28 Å². The highest BCUT2D eigenvalue weighted by Crippen LogP contribution is 2.19. The van der Waals surface area contributed by atoms with Crippen molar-refractivity contribution < 1.29 is 4.74 Å². The van der Waals surface area contributed by atoms with Gasteiger partial charge in [-0.3, -0.25) is 0 Å². The molecular weight excluding hydrogens is 262 g/mol. The fourth-order valence-corrected chi connectivity index (χ4v) is 2.30. The Kier molecular flexibility index (Phi) is 4.80. The zero-order valence-electron chi connectivity index (χ0n) is 11.3. The maximum atomic E-state index is 6.08. The van der Waals surface area contributed by atoms with E-state index in [2.05, 4.69) is 23.2 Å². The molecule has 0 saturated carbocycles. The van der Waals surface area contributed by atoms with Crippen LogP contribution in [0.3, 0.4) is 0 Å². The number of nitrogens with zero attached hydrogens (tertiary/aromatic N) is 3. The standard InChI is InChI=1S/C14H18ClN3O/c1-3-6-13-16-17-14(15)18(13)10-9-11-7-4-5-8-12(11)19-2/h4-5,7-8H,3,6,9-10H2,1-2H3. The van der Waals surface area contributed by atoms with E-state index < -0.39 is 0 Å². The summed E-state index contributed by atoms with van der Waals surface area (Å²) in [5.74, 6) is 1.85. The zero-order valence-corrected chi connectivity index (χ0v) is 12.0. The number of hydrogen-bond acceptors (Lipinski definition) is 3. The van der Waals surface area contributed by atoms with E-state index in [-0.39, 0.29) is 0 Å². The van der Waals surface area contributed by atoms with Crippen LogP contribution in [0.15, 0.2) is 24.3 Å².